The Bertz CT molecular complexity index is 838. The van der Waals surface area contributed by atoms with E-state index in [0.29, 0.717) is 11.8 Å². The fraction of sp³-hybridized carbons (Fsp3) is 0.476. The van der Waals surface area contributed by atoms with E-state index in [4.69, 9.17) is 0 Å². The van der Waals surface area contributed by atoms with Gasteiger partial charge in [0.1, 0.15) is 6.54 Å². The molecule has 0 spiro atoms. The molecule has 1 saturated heterocycles. The number of benzene rings is 1. The van der Waals surface area contributed by atoms with Gasteiger partial charge in [-0.15, -0.1) is 0 Å². The van der Waals surface area contributed by atoms with Crippen molar-refractivity contribution in [1.29, 1.82) is 0 Å². The topological polar surface area (TPSA) is 66.5 Å². The lowest BCUT2D eigenvalue weighted by Gasteiger charge is -2.37. The lowest BCUT2D eigenvalue weighted by molar-refractivity contribution is -0.142. The van der Waals surface area contributed by atoms with Crippen molar-refractivity contribution in [2.24, 2.45) is 35.5 Å². The molecule has 4 aliphatic carbocycles. The van der Waals surface area contributed by atoms with E-state index in [1.54, 1.807) is 0 Å². The van der Waals surface area contributed by atoms with Gasteiger partial charge in [-0.05, 0) is 61.1 Å². The van der Waals surface area contributed by atoms with Gasteiger partial charge in [-0.2, -0.15) is 0 Å². The first-order valence-corrected chi connectivity index (χ1v) is 9.37. The number of aryl methyl sites for hydroxylation is 1. The molecule has 134 valence electrons. The normalized spacial score (nSPS) is 36.2. The third-order valence-electron chi connectivity index (χ3n) is 6.93. The molecule has 5 nitrogen and oxygen atoms in total. The maximum absolute atomic E-state index is 12.9. The molecule has 0 aromatic heterocycles. The number of likely N-dealkylation sites (tertiary alicyclic amines) is 1. The smallest absolute Gasteiger partial charge is 0.244 e. The van der Waals surface area contributed by atoms with E-state index < -0.39 is 0 Å². The van der Waals surface area contributed by atoms with E-state index in [1.807, 2.05) is 32.0 Å². The second-order valence-corrected chi connectivity index (χ2v) is 8.21. The minimum atomic E-state index is -0.315. The van der Waals surface area contributed by atoms with E-state index in [2.05, 4.69) is 17.5 Å². The Labute approximate surface area is 152 Å². The van der Waals surface area contributed by atoms with Crippen LogP contribution in [0.3, 0.4) is 0 Å². The number of imide groups is 1. The number of anilines is 1. The Kier molecular flexibility index (Phi) is 3.21. The molecule has 3 amide bonds. The summed E-state index contributed by atoms with van der Waals surface area (Å²) in [6.07, 6.45) is 5.43. The van der Waals surface area contributed by atoms with Gasteiger partial charge in [-0.1, -0.05) is 24.3 Å². The van der Waals surface area contributed by atoms with Crippen LogP contribution in [0.4, 0.5) is 5.69 Å². The molecule has 5 heteroatoms. The standard InChI is InChI=1S/C21H22N2O3/c1-10-4-3-5-16(11(10)2)22-17(24)9-23-20(25)18-12-6-7-13(15-8-14(12)15)19(18)21(23)26/h3-7,12-15,18-19H,8-9H2,1-2H3,(H,22,24). The van der Waals surface area contributed by atoms with Crippen molar-refractivity contribution >= 4 is 23.4 Å². The summed E-state index contributed by atoms with van der Waals surface area (Å²) < 4.78 is 0. The van der Waals surface area contributed by atoms with Crippen molar-refractivity contribution in [3.8, 4) is 0 Å². The maximum atomic E-state index is 12.9. The number of carbonyl (C=O) groups is 3. The monoisotopic (exact) mass is 350 g/mol. The van der Waals surface area contributed by atoms with Crippen LogP contribution in [0.2, 0.25) is 0 Å². The molecule has 1 aromatic carbocycles. The Morgan fingerprint density at radius 2 is 1.69 bits per heavy atom. The summed E-state index contributed by atoms with van der Waals surface area (Å²) >= 11 is 0. The van der Waals surface area contributed by atoms with Crippen molar-refractivity contribution in [2.45, 2.75) is 20.3 Å². The van der Waals surface area contributed by atoms with Crippen LogP contribution in [0, 0.1) is 49.4 Å². The van der Waals surface area contributed by atoms with Crippen molar-refractivity contribution in [3.05, 3.63) is 41.5 Å². The van der Waals surface area contributed by atoms with Crippen LogP contribution in [0.25, 0.3) is 0 Å². The predicted molar refractivity (Wildman–Crippen MR) is 96.0 cm³/mol. The van der Waals surface area contributed by atoms with Crippen LogP contribution in [-0.2, 0) is 14.4 Å². The summed E-state index contributed by atoms with van der Waals surface area (Å²) in [6.45, 7) is 3.74. The Balaban J connectivity index is 1.34. The van der Waals surface area contributed by atoms with Crippen molar-refractivity contribution < 1.29 is 14.4 Å². The molecule has 1 N–H and O–H groups in total. The second-order valence-electron chi connectivity index (χ2n) is 8.21. The summed E-state index contributed by atoms with van der Waals surface area (Å²) in [6, 6.07) is 5.71. The molecule has 1 aliphatic heterocycles. The highest BCUT2D eigenvalue weighted by Gasteiger charge is 2.67. The van der Waals surface area contributed by atoms with Gasteiger partial charge in [0.15, 0.2) is 0 Å². The van der Waals surface area contributed by atoms with Crippen LogP contribution in [0.1, 0.15) is 17.5 Å². The SMILES string of the molecule is Cc1cccc(NC(=O)CN2C(=O)C3C4C=CC(C5CC45)C3C2=O)c1C. The molecule has 0 radical (unpaired) electrons. The van der Waals surface area contributed by atoms with Gasteiger partial charge in [0, 0.05) is 5.69 Å². The van der Waals surface area contributed by atoms with Crippen LogP contribution < -0.4 is 5.32 Å². The van der Waals surface area contributed by atoms with Gasteiger partial charge in [0.05, 0.1) is 11.8 Å². The number of amides is 3. The van der Waals surface area contributed by atoms with Crippen molar-refractivity contribution in [1.82, 2.24) is 4.90 Å². The zero-order valence-corrected chi connectivity index (χ0v) is 14.9. The minimum absolute atomic E-state index is 0.152. The van der Waals surface area contributed by atoms with Gasteiger partial charge in [-0.3, -0.25) is 19.3 Å². The first-order chi connectivity index (χ1) is 12.5. The molecule has 6 rings (SSSR count). The molecule has 6 unspecified atom stereocenters. The fourth-order valence-electron chi connectivity index (χ4n) is 5.39. The molecule has 1 heterocycles. The molecule has 26 heavy (non-hydrogen) atoms. The Morgan fingerprint density at radius 3 is 2.31 bits per heavy atom. The molecule has 2 saturated carbocycles. The zero-order valence-electron chi connectivity index (χ0n) is 14.9. The maximum Gasteiger partial charge on any atom is 0.244 e. The molecular weight excluding hydrogens is 328 g/mol. The third-order valence-corrected chi connectivity index (χ3v) is 6.93. The molecule has 6 atom stereocenters. The molecule has 3 fully saturated rings. The van der Waals surface area contributed by atoms with Crippen molar-refractivity contribution in [3.63, 3.8) is 0 Å². The lowest BCUT2D eigenvalue weighted by Crippen LogP contribution is -2.40. The second kappa shape index (κ2) is 5.29. The van der Waals surface area contributed by atoms with Gasteiger partial charge >= 0.3 is 0 Å². The summed E-state index contributed by atoms with van der Waals surface area (Å²) in [7, 11) is 0. The van der Waals surface area contributed by atoms with E-state index >= 15 is 0 Å². The van der Waals surface area contributed by atoms with Gasteiger partial charge < -0.3 is 5.32 Å². The van der Waals surface area contributed by atoms with E-state index in [1.165, 1.54) is 4.90 Å². The van der Waals surface area contributed by atoms with Gasteiger partial charge in [0.2, 0.25) is 17.7 Å². The zero-order chi connectivity index (χ0) is 18.2. The molecule has 2 bridgehead atoms. The summed E-state index contributed by atoms with van der Waals surface area (Å²) in [5.74, 6) is 0.436. The lowest BCUT2D eigenvalue weighted by atomic mass is 9.63. The third kappa shape index (κ3) is 2.06. The number of hydrogen-bond acceptors (Lipinski definition) is 3. The highest BCUT2D eigenvalue weighted by atomic mass is 16.2. The minimum Gasteiger partial charge on any atom is -0.324 e. The van der Waals surface area contributed by atoms with Crippen LogP contribution in [0.5, 0.6) is 0 Å². The highest BCUT2D eigenvalue weighted by Crippen LogP contribution is 2.65. The van der Waals surface area contributed by atoms with E-state index in [0.717, 1.165) is 23.2 Å². The Morgan fingerprint density at radius 1 is 1.08 bits per heavy atom. The Hall–Kier alpha value is -2.43. The van der Waals surface area contributed by atoms with E-state index in [-0.39, 0.29) is 47.9 Å². The van der Waals surface area contributed by atoms with Crippen LogP contribution in [-0.4, -0.2) is 29.2 Å². The quantitative estimate of drug-likeness (QED) is 0.672. The van der Waals surface area contributed by atoms with Crippen molar-refractivity contribution in [2.75, 3.05) is 11.9 Å². The summed E-state index contributed by atoms with van der Waals surface area (Å²) in [5.41, 5.74) is 2.81. The highest BCUT2D eigenvalue weighted by molar-refractivity contribution is 6.09. The van der Waals surface area contributed by atoms with Crippen LogP contribution in [0.15, 0.2) is 30.4 Å². The molecule has 5 aliphatic rings. The van der Waals surface area contributed by atoms with E-state index in [9.17, 15) is 14.4 Å². The predicted octanol–water partition coefficient (Wildman–Crippen LogP) is 2.30. The first kappa shape index (κ1) is 15.8. The largest absolute Gasteiger partial charge is 0.324 e. The molecular formula is C21H22N2O3. The van der Waals surface area contributed by atoms with Gasteiger partial charge in [-0.25, -0.2) is 0 Å². The number of rotatable bonds is 3. The summed E-state index contributed by atoms with van der Waals surface area (Å²) in [5, 5.41) is 2.86. The first-order valence-electron chi connectivity index (χ1n) is 9.37. The number of carbonyl (C=O) groups excluding carboxylic acids is 3. The number of allylic oxidation sites excluding steroid dienone is 2. The average molecular weight is 350 g/mol. The molecule has 1 aromatic rings. The van der Waals surface area contributed by atoms with Gasteiger partial charge in [0.25, 0.3) is 0 Å². The fourth-order valence-corrected chi connectivity index (χ4v) is 5.39. The number of nitrogens with one attached hydrogen (secondary N) is 1. The number of hydrogen-bond donors (Lipinski definition) is 1. The number of nitrogens with zero attached hydrogens (tertiary/aromatic N) is 1. The average Bonchev–Trinajstić information content (AvgIpc) is 3.40. The van der Waals surface area contributed by atoms with Crippen LogP contribution >= 0.6 is 0 Å². The summed E-state index contributed by atoms with van der Waals surface area (Å²) in [4.78, 5) is 39.5.